The second-order valence-electron chi connectivity index (χ2n) is 5.82. The molecule has 0 fully saturated rings. The molecule has 28 heavy (non-hydrogen) atoms. The zero-order chi connectivity index (χ0) is 19.7. The summed E-state index contributed by atoms with van der Waals surface area (Å²) in [6.07, 6.45) is 0. The summed E-state index contributed by atoms with van der Waals surface area (Å²) in [5.74, 6) is 1.90. The monoisotopic (exact) mass is 380 g/mol. The lowest BCUT2D eigenvalue weighted by molar-refractivity contribution is 0.355. The number of hydrogen-bond acceptors (Lipinski definition) is 8. The fourth-order valence-corrected chi connectivity index (χ4v) is 2.87. The van der Waals surface area contributed by atoms with Gasteiger partial charge in [-0.2, -0.15) is 4.98 Å². The molecule has 2 aromatic heterocycles. The topological polar surface area (TPSA) is 96.8 Å². The van der Waals surface area contributed by atoms with Crippen molar-refractivity contribution in [3.05, 3.63) is 52.9 Å². The molecule has 0 amide bonds. The molecule has 0 atom stereocenters. The molecule has 0 spiro atoms. The lowest BCUT2D eigenvalue weighted by atomic mass is 10.1. The summed E-state index contributed by atoms with van der Waals surface area (Å²) in [5, 5.41) is 4.68. The summed E-state index contributed by atoms with van der Waals surface area (Å²) in [5.41, 5.74) is 0.556. The Kier molecular flexibility index (Phi) is 4.44. The van der Waals surface area contributed by atoms with Crippen LogP contribution < -0.4 is 19.8 Å². The van der Waals surface area contributed by atoms with Crippen LogP contribution in [0.3, 0.4) is 0 Å². The lowest BCUT2D eigenvalue weighted by Gasteiger charge is -2.09. The van der Waals surface area contributed by atoms with Gasteiger partial charge in [0.05, 0.1) is 26.9 Å². The predicted molar refractivity (Wildman–Crippen MR) is 101 cm³/mol. The molecule has 0 bridgehead atoms. The summed E-state index contributed by atoms with van der Waals surface area (Å²) >= 11 is 0. The van der Waals surface area contributed by atoms with Gasteiger partial charge in [-0.3, -0.25) is 0 Å². The van der Waals surface area contributed by atoms with Gasteiger partial charge in [-0.05, 0) is 30.3 Å². The van der Waals surface area contributed by atoms with Crippen LogP contribution in [0.1, 0.15) is 0 Å². The van der Waals surface area contributed by atoms with Crippen LogP contribution in [0.2, 0.25) is 0 Å². The van der Waals surface area contributed by atoms with Gasteiger partial charge in [-0.25, -0.2) is 4.79 Å². The molecular weight excluding hydrogens is 364 g/mol. The van der Waals surface area contributed by atoms with E-state index in [9.17, 15) is 4.79 Å². The molecule has 4 rings (SSSR count). The minimum Gasteiger partial charge on any atom is -0.497 e. The molecule has 0 aliphatic heterocycles. The number of benzene rings is 2. The zero-order valence-corrected chi connectivity index (χ0v) is 15.4. The van der Waals surface area contributed by atoms with E-state index < -0.39 is 5.63 Å². The largest absolute Gasteiger partial charge is 0.497 e. The Balaban J connectivity index is 1.80. The summed E-state index contributed by atoms with van der Waals surface area (Å²) in [7, 11) is 4.60. The van der Waals surface area contributed by atoms with Crippen molar-refractivity contribution < 1.29 is 23.2 Å². The number of rotatable bonds is 5. The second-order valence-corrected chi connectivity index (χ2v) is 5.82. The van der Waals surface area contributed by atoms with Crippen LogP contribution in [0.15, 0.2) is 56.2 Å². The molecule has 0 N–H and O–H groups in total. The number of fused-ring (bicyclic) bond motifs is 1. The Hall–Kier alpha value is -3.81. The number of nitrogens with zero attached hydrogens (tertiary/aromatic N) is 2. The van der Waals surface area contributed by atoms with Crippen LogP contribution in [0.4, 0.5) is 0 Å². The number of ether oxygens (including phenoxy) is 3. The van der Waals surface area contributed by atoms with Crippen LogP contribution in [0, 0.1) is 0 Å². The van der Waals surface area contributed by atoms with Crippen molar-refractivity contribution in [1.82, 2.24) is 10.1 Å². The SMILES string of the molecule is COc1ccc2cc(-c3nc(-c4cccc(OC)c4OC)no3)c(=O)oc2c1. The molecule has 8 nitrogen and oxygen atoms in total. The zero-order valence-electron chi connectivity index (χ0n) is 15.4. The van der Waals surface area contributed by atoms with Crippen LogP contribution in [-0.4, -0.2) is 31.5 Å². The molecule has 0 radical (unpaired) electrons. The van der Waals surface area contributed by atoms with Crippen LogP contribution in [-0.2, 0) is 0 Å². The minimum atomic E-state index is -0.589. The summed E-state index contributed by atoms with van der Waals surface area (Å²) in [6.45, 7) is 0. The van der Waals surface area contributed by atoms with Crippen molar-refractivity contribution in [3.63, 3.8) is 0 Å². The number of methoxy groups -OCH3 is 3. The molecular formula is C20H16N2O6. The van der Waals surface area contributed by atoms with Crippen LogP contribution in [0.5, 0.6) is 17.2 Å². The maximum Gasteiger partial charge on any atom is 0.349 e. The van der Waals surface area contributed by atoms with E-state index in [1.807, 2.05) is 0 Å². The molecule has 2 aromatic carbocycles. The maximum atomic E-state index is 12.4. The third-order valence-electron chi connectivity index (χ3n) is 4.24. The average molecular weight is 380 g/mol. The van der Waals surface area contributed by atoms with Gasteiger partial charge in [0.25, 0.3) is 5.89 Å². The lowest BCUT2D eigenvalue weighted by Crippen LogP contribution is -2.03. The molecule has 0 aliphatic rings. The summed E-state index contributed by atoms with van der Waals surface area (Å²) in [6, 6.07) is 12.1. The fourth-order valence-electron chi connectivity index (χ4n) is 2.87. The molecule has 4 aromatic rings. The van der Waals surface area contributed by atoms with Gasteiger partial charge in [0, 0.05) is 11.5 Å². The predicted octanol–water partition coefficient (Wildman–Crippen LogP) is 3.54. The van der Waals surface area contributed by atoms with Crippen molar-refractivity contribution in [2.45, 2.75) is 0 Å². The van der Waals surface area contributed by atoms with E-state index in [1.165, 1.54) is 7.11 Å². The quantitative estimate of drug-likeness (QED) is 0.485. The fraction of sp³-hybridized carbons (Fsp3) is 0.150. The van der Waals surface area contributed by atoms with Gasteiger partial charge >= 0.3 is 5.63 Å². The van der Waals surface area contributed by atoms with Gasteiger partial charge in [-0.15, -0.1) is 0 Å². The highest BCUT2D eigenvalue weighted by atomic mass is 16.5. The van der Waals surface area contributed by atoms with Crippen molar-refractivity contribution >= 4 is 11.0 Å². The smallest absolute Gasteiger partial charge is 0.349 e. The van der Waals surface area contributed by atoms with Gasteiger partial charge in [0.15, 0.2) is 11.5 Å². The van der Waals surface area contributed by atoms with Crippen molar-refractivity contribution in [2.75, 3.05) is 21.3 Å². The first kappa shape index (κ1) is 17.6. The number of para-hydroxylation sites is 1. The Morgan fingerprint density at radius 1 is 0.929 bits per heavy atom. The first-order chi connectivity index (χ1) is 13.6. The summed E-state index contributed by atoms with van der Waals surface area (Å²) in [4.78, 5) is 16.8. The maximum absolute atomic E-state index is 12.4. The Morgan fingerprint density at radius 3 is 2.54 bits per heavy atom. The molecule has 2 heterocycles. The highest BCUT2D eigenvalue weighted by Gasteiger charge is 2.20. The van der Waals surface area contributed by atoms with Gasteiger partial charge in [0.1, 0.15) is 16.9 Å². The number of aromatic nitrogens is 2. The van der Waals surface area contributed by atoms with Crippen molar-refractivity contribution in [2.24, 2.45) is 0 Å². The van der Waals surface area contributed by atoms with E-state index >= 15 is 0 Å². The number of hydrogen-bond donors (Lipinski definition) is 0. The third kappa shape index (κ3) is 2.94. The highest BCUT2D eigenvalue weighted by molar-refractivity contribution is 5.81. The molecule has 0 saturated heterocycles. The molecule has 0 unspecified atom stereocenters. The minimum absolute atomic E-state index is 0.0475. The van der Waals surface area contributed by atoms with Gasteiger partial charge in [0.2, 0.25) is 5.82 Å². The Labute approximate surface area is 159 Å². The second kappa shape index (κ2) is 7.07. The first-order valence-electron chi connectivity index (χ1n) is 8.32. The summed E-state index contributed by atoms with van der Waals surface area (Å²) < 4.78 is 26.5. The van der Waals surface area contributed by atoms with Crippen LogP contribution in [0.25, 0.3) is 33.8 Å². The van der Waals surface area contributed by atoms with Gasteiger partial charge in [-0.1, -0.05) is 11.2 Å². The standard InChI is InChI=1S/C20H16N2O6/c1-24-12-8-7-11-9-14(20(23)27-16(11)10-12)19-21-18(22-28-19)13-5-4-6-15(25-2)17(13)26-3/h4-10H,1-3H3. The molecule has 142 valence electrons. The molecule has 0 aliphatic carbocycles. The van der Waals surface area contributed by atoms with E-state index in [0.29, 0.717) is 33.8 Å². The average Bonchev–Trinajstić information content (AvgIpc) is 3.21. The van der Waals surface area contributed by atoms with Crippen molar-refractivity contribution in [1.29, 1.82) is 0 Å². The highest BCUT2D eigenvalue weighted by Crippen LogP contribution is 2.37. The van der Waals surface area contributed by atoms with E-state index in [-0.39, 0.29) is 17.3 Å². The molecule has 8 heteroatoms. The normalized spacial score (nSPS) is 10.8. The van der Waals surface area contributed by atoms with Crippen molar-refractivity contribution in [3.8, 4) is 40.1 Å². The third-order valence-corrected chi connectivity index (χ3v) is 4.24. The Morgan fingerprint density at radius 2 is 1.79 bits per heavy atom. The van der Waals surface area contributed by atoms with E-state index in [2.05, 4.69) is 10.1 Å². The van der Waals surface area contributed by atoms with Gasteiger partial charge < -0.3 is 23.2 Å². The van der Waals surface area contributed by atoms with E-state index in [0.717, 1.165) is 0 Å². The van der Waals surface area contributed by atoms with Crippen LogP contribution >= 0.6 is 0 Å². The molecule has 0 saturated carbocycles. The first-order valence-corrected chi connectivity index (χ1v) is 8.32. The Bertz CT molecular complexity index is 1210. The van der Waals surface area contributed by atoms with E-state index in [4.69, 9.17) is 23.2 Å². The van der Waals surface area contributed by atoms with E-state index in [1.54, 1.807) is 56.7 Å².